The molecule has 0 aromatic heterocycles. The first-order valence-corrected chi connectivity index (χ1v) is 6.38. The minimum atomic E-state index is -1.38. The van der Waals surface area contributed by atoms with E-state index in [4.69, 9.17) is 18.2 Å². The Kier molecular flexibility index (Phi) is 4.70. The number of hydrogen-bond acceptors (Lipinski definition) is 2. The molecule has 1 aromatic rings. The number of halogens is 2. The van der Waals surface area contributed by atoms with Crippen LogP contribution in [-0.4, -0.2) is 21.8 Å². The van der Waals surface area contributed by atoms with Crippen molar-refractivity contribution in [3.63, 3.8) is 0 Å². The Morgan fingerprint density at radius 3 is 2.76 bits per heavy atom. The molecule has 1 aromatic carbocycles. The van der Waals surface area contributed by atoms with Crippen LogP contribution in [-0.2, 0) is 11.2 Å². The third kappa shape index (κ3) is 3.53. The van der Waals surface area contributed by atoms with Gasteiger partial charge in [0.25, 0.3) is 0 Å². The van der Waals surface area contributed by atoms with Gasteiger partial charge in [0, 0.05) is 16.8 Å². The number of ketones is 1. The Bertz CT molecular complexity index is 480. The first-order valence-electron chi connectivity index (χ1n) is 4.88. The number of aliphatic hydroxyl groups is 1. The predicted molar refractivity (Wildman–Crippen MR) is 70.8 cm³/mol. The van der Waals surface area contributed by atoms with Crippen molar-refractivity contribution in [1.29, 1.82) is 0 Å². The van der Waals surface area contributed by atoms with Crippen molar-refractivity contribution in [2.24, 2.45) is 0 Å². The van der Waals surface area contributed by atoms with Gasteiger partial charge in [-0.05, 0) is 12.5 Å². The van der Waals surface area contributed by atoms with Crippen molar-refractivity contribution in [1.82, 2.24) is 0 Å². The average Bonchev–Trinajstić information content (AvgIpc) is 2.29. The molecule has 0 saturated heterocycles. The summed E-state index contributed by atoms with van der Waals surface area (Å²) >= 11 is 8.95. The topological polar surface area (TPSA) is 41.7 Å². The lowest BCUT2D eigenvalue weighted by molar-refractivity contribution is -0.132. The van der Waals surface area contributed by atoms with Gasteiger partial charge in [-0.2, -0.15) is 0 Å². The number of hydrogen-bond donors (Lipinski definition) is 1. The lowest BCUT2D eigenvalue weighted by atomic mass is 9.97. The Morgan fingerprint density at radius 2 is 2.29 bits per heavy atom. The highest BCUT2D eigenvalue weighted by Crippen LogP contribution is 2.26. The smallest absolute Gasteiger partial charge is 0.205 e. The summed E-state index contributed by atoms with van der Waals surface area (Å²) in [4.78, 5) is 15.0. The Labute approximate surface area is 113 Å². The first-order chi connectivity index (χ1) is 7.90. The normalized spacial score (nSPS) is 13.8. The largest absolute Gasteiger partial charge is 0.381 e. The van der Waals surface area contributed by atoms with E-state index in [0.29, 0.717) is 16.3 Å². The Balaban J connectivity index is 2.88. The maximum atomic E-state index is 11.7. The van der Waals surface area contributed by atoms with Crippen LogP contribution in [0.5, 0.6) is 0 Å². The van der Waals surface area contributed by atoms with Gasteiger partial charge in [-0.15, -0.1) is 0 Å². The maximum Gasteiger partial charge on any atom is 0.205 e. The summed E-state index contributed by atoms with van der Waals surface area (Å²) in [5, 5.41) is 10.3. The molecule has 3 nitrogen and oxygen atoms in total. The lowest BCUT2D eigenvalue weighted by Crippen LogP contribution is -2.38. The zero-order chi connectivity index (χ0) is 13.1. The van der Waals surface area contributed by atoms with Crippen LogP contribution in [0.4, 0.5) is 5.69 Å². The third-order valence-corrected chi connectivity index (χ3v) is 3.75. The number of carbonyl (C=O) groups excluding carboxylic acids is 1. The maximum absolute atomic E-state index is 11.7. The minimum Gasteiger partial charge on any atom is -0.381 e. The van der Waals surface area contributed by atoms with E-state index in [1.54, 1.807) is 18.2 Å². The van der Waals surface area contributed by atoms with E-state index >= 15 is 0 Å². The van der Waals surface area contributed by atoms with E-state index in [1.165, 1.54) is 6.92 Å². The van der Waals surface area contributed by atoms with Crippen molar-refractivity contribution in [2.75, 3.05) is 5.33 Å². The number of benzene rings is 1. The van der Waals surface area contributed by atoms with Gasteiger partial charge in [0.05, 0.1) is 6.57 Å². The monoisotopic (exact) mass is 315 g/mol. The first kappa shape index (κ1) is 14.2. The van der Waals surface area contributed by atoms with Gasteiger partial charge in [0.15, 0.2) is 5.78 Å². The molecular formula is C12H11BrClNO2. The molecule has 0 fully saturated rings. The molecule has 0 aliphatic carbocycles. The van der Waals surface area contributed by atoms with Crippen LogP contribution in [0.25, 0.3) is 4.85 Å². The molecule has 1 N–H and O–H groups in total. The van der Waals surface area contributed by atoms with Crippen molar-refractivity contribution < 1.29 is 9.90 Å². The number of Topliss-reactive ketones (excluding diaryl/α,β-unsaturated/α-hetero) is 1. The van der Waals surface area contributed by atoms with Gasteiger partial charge in [-0.25, -0.2) is 4.85 Å². The third-order valence-electron chi connectivity index (χ3n) is 2.36. The highest BCUT2D eigenvalue weighted by atomic mass is 79.9. The van der Waals surface area contributed by atoms with Crippen LogP contribution < -0.4 is 0 Å². The van der Waals surface area contributed by atoms with Gasteiger partial charge < -0.3 is 5.11 Å². The van der Waals surface area contributed by atoms with Crippen molar-refractivity contribution >= 4 is 39.0 Å². The molecule has 0 saturated carbocycles. The summed E-state index contributed by atoms with van der Waals surface area (Å²) in [5.74, 6) is -0.291. The van der Waals surface area contributed by atoms with Gasteiger partial charge in [-0.3, -0.25) is 4.79 Å². The summed E-state index contributed by atoms with van der Waals surface area (Å²) in [6.07, 6.45) is 0.0938. The molecule has 0 heterocycles. The van der Waals surface area contributed by atoms with Crippen LogP contribution in [0, 0.1) is 6.57 Å². The molecule has 0 aliphatic rings. The molecule has 1 atom stereocenters. The van der Waals surface area contributed by atoms with Gasteiger partial charge in [0.2, 0.25) is 5.69 Å². The quantitative estimate of drug-likeness (QED) is 0.685. The molecule has 1 rings (SSSR count). The van der Waals surface area contributed by atoms with Crippen LogP contribution >= 0.6 is 27.5 Å². The molecule has 5 heteroatoms. The molecule has 0 spiro atoms. The van der Waals surface area contributed by atoms with Crippen molar-refractivity contribution in [3.05, 3.63) is 40.2 Å². The SMILES string of the molecule is [C-]#[N+]c1ccc(CC(=O)[C@@](C)(O)CBr)cc1Cl. The second-order valence-corrected chi connectivity index (χ2v) is 4.87. The molecule has 17 heavy (non-hydrogen) atoms. The number of nitrogens with zero attached hydrogens (tertiary/aromatic N) is 1. The molecule has 0 unspecified atom stereocenters. The molecule has 0 aliphatic heterocycles. The van der Waals surface area contributed by atoms with E-state index in [-0.39, 0.29) is 17.5 Å². The fourth-order valence-corrected chi connectivity index (χ4v) is 1.76. The average molecular weight is 317 g/mol. The predicted octanol–water partition coefficient (Wildman–Crippen LogP) is 3.15. The second-order valence-electron chi connectivity index (χ2n) is 3.91. The fourth-order valence-electron chi connectivity index (χ4n) is 1.20. The van der Waals surface area contributed by atoms with Crippen LogP contribution in [0.2, 0.25) is 5.02 Å². The minimum absolute atomic E-state index is 0.0938. The van der Waals surface area contributed by atoms with Crippen LogP contribution in [0.15, 0.2) is 18.2 Å². The van der Waals surface area contributed by atoms with E-state index in [2.05, 4.69) is 20.8 Å². The number of alkyl halides is 1. The number of rotatable bonds is 4. The fraction of sp³-hybridized carbons (Fsp3) is 0.333. The Hall–Kier alpha value is -0.890. The van der Waals surface area contributed by atoms with Crippen molar-refractivity contribution in [3.8, 4) is 0 Å². The second kappa shape index (κ2) is 5.63. The van der Waals surface area contributed by atoms with E-state index in [1.807, 2.05) is 0 Å². The van der Waals surface area contributed by atoms with Crippen molar-refractivity contribution in [2.45, 2.75) is 18.9 Å². The summed E-state index contributed by atoms with van der Waals surface area (Å²) in [6.45, 7) is 8.31. The molecule has 0 amide bonds. The van der Waals surface area contributed by atoms with Crippen LogP contribution in [0.1, 0.15) is 12.5 Å². The summed E-state index contributed by atoms with van der Waals surface area (Å²) in [6, 6.07) is 4.82. The molecule has 0 radical (unpaired) electrons. The van der Waals surface area contributed by atoms with E-state index in [9.17, 15) is 9.90 Å². The zero-order valence-electron chi connectivity index (χ0n) is 9.20. The molecule has 0 bridgehead atoms. The Morgan fingerprint density at radius 1 is 1.65 bits per heavy atom. The van der Waals surface area contributed by atoms with Gasteiger partial charge in [0.1, 0.15) is 5.60 Å². The summed E-state index contributed by atoms with van der Waals surface area (Å²) in [5.41, 5.74) is -0.339. The molecular weight excluding hydrogens is 305 g/mol. The van der Waals surface area contributed by atoms with Gasteiger partial charge >= 0.3 is 0 Å². The van der Waals surface area contributed by atoms with Crippen LogP contribution in [0.3, 0.4) is 0 Å². The zero-order valence-corrected chi connectivity index (χ0v) is 11.5. The molecule has 90 valence electrons. The highest BCUT2D eigenvalue weighted by molar-refractivity contribution is 9.09. The van der Waals surface area contributed by atoms with E-state index in [0.717, 1.165) is 0 Å². The number of carbonyl (C=O) groups is 1. The lowest BCUT2D eigenvalue weighted by Gasteiger charge is -2.18. The van der Waals surface area contributed by atoms with Gasteiger partial charge in [-0.1, -0.05) is 45.7 Å². The standard InChI is InChI=1S/C12H11BrClNO2/c1-12(17,7-13)11(16)6-8-3-4-10(15-2)9(14)5-8/h3-5,17H,6-7H2,1H3/t12-/m0/s1. The summed E-state index contributed by atoms with van der Waals surface area (Å²) in [7, 11) is 0. The van der Waals surface area contributed by atoms with E-state index < -0.39 is 5.60 Å². The highest BCUT2D eigenvalue weighted by Gasteiger charge is 2.28. The summed E-state index contributed by atoms with van der Waals surface area (Å²) < 4.78 is 0.